The van der Waals surface area contributed by atoms with Crippen molar-refractivity contribution in [3.63, 3.8) is 0 Å². The second kappa shape index (κ2) is 13.4. The second-order valence-corrected chi connectivity index (χ2v) is 11.7. The topological polar surface area (TPSA) is 12.9 Å². The first-order valence-corrected chi connectivity index (χ1v) is 15.1. The molecule has 4 rings (SSSR count). The van der Waals surface area contributed by atoms with Crippen molar-refractivity contribution in [2.45, 2.75) is 117 Å². The minimum absolute atomic E-state index is 0.858. The minimum Gasteiger partial charge on any atom is -0.236 e. The molecule has 1 atom stereocenters. The van der Waals surface area contributed by atoms with Crippen LogP contribution in [0.3, 0.4) is 0 Å². The van der Waals surface area contributed by atoms with Gasteiger partial charge in [0.15, 0.2) is 0 Å². The minimum atomic E-state index is 0.858. The van der Waals surface area contributed by atoms with E-state index in [1.54, 1.807) is 11.1 Å². The summed E-state index contributed by atoms with van der Waals surface area (Å²) in [6.45, 7) is 4.59. The number of aromatic nitrogens is 1. The molecule has 3 aromatic rings. The van der Waals surface area contributed by atoms with Gasteiger partial charge in [0, 0.05) is 5.56 Å². The van der Waals surface area contributed by atoms with Crippen LogP contribution in [0, 0.1) is 5.92 Å². The molecule has 0 N–H and O–H groups in total. The maximum Gasteiger partial charge on any atom is 0.124 e. The van der Waals surface area contributed by atoms with Crippen molar-refractivity contribution in [1.82, 2.24) is 4.98 Å². The third-order valence-corrected chi connectivity index (χ3v) is 8.78. The number of thiazole rings is 1. The standard InChI is InChI=1S/C32H45NS/c1-3-5-7-9-11-13-15-25-17-20-30-31(23-25)34-32(33-30)28-19-18-27-21-26(22-29(27)24-28)16-14-12-10-8-6-4-2/h17-20,23-24,26H,3-16,21-22H2,1-2H3. The van der Waals surface area contributed by atoms with Gasteiger partial charge in [0.1, 0.15) is 5.01 Å². The van der Waals surface area contributed by atoms with Gasteiger partial charge in [-0.1, -0.05) is 103 Å². The Morgan fingerprint density at radius 2 is 1.44 bits per heavy atom. The predicted octanol–water partition coefficient (Wildman–Crippen LogP) is 10.3. The molecule has 1 heterocycles. The molecule has 0 saturated carbocycles. The Hall–Kier alpha value is -1.67. The molecule has 1 aromatic heterocycles. The van der Waals surface area contributed by atoms with Crippen LogP contribution in [-0.2, 0) is 19.3 Å². The van der Waals surface area contributed by atoms with Gasteiger partial charge in [-0.3, -0.25) is 0 Å². The molecule has 1 aliphatic carbocycles. The summed E-state index contributed by atoms with van der Waals surface area (Å²) in [6, 6.07) is 14.1. The lowest BCUT2D eigenvalue weighted by molar-refractivity contribution is 0.469. The van der Waals surface area contributed by atoms with Gasteiger partial charge in [-0.2, -0.15) is 0 Å². The molecule has 2 aromatic carbocycles. The summed E-state index contributed by atoms with van der Waals surface area (Å²) in [5.41, 5.74) is 7.12. The van der Waals surface area contributed by atoms with Crippen molar-refractivity contribution in [1.29, 1.82) is 0 Å². The van der Waals surface area contributed by atoms with E-state index >= 15 is 0 Å². The average molecular weight is 476 g/mol. The Balaban J connectivity index is 1.31. The van der Waals surface area contributed by atoms with Crippen LogP contribution in [0.25, 0.3) is 20.8 Å². The van der Waals surface area contributed by atoms with Crippen molar-refractivity contribution in [2.75, 3.05) is 0 Å². The summed E-state index contributed by atoms with van der Waals surface area (Å²) >= 11 is 1.87. The number of unbranched alkanes of at least 4 members (excludes halogenated alkanes) is 10. The Morgan fingerprint density at radius 1 is 0.735 bits per heavy atom. The highest BCUT2D eigenvalue weighted by Crippen LogP contribution is 2.36. The van der Waals surface area contributed by atoms with E-state index in [2.05, 4.69) is 50.2 Å². The average Bonchev–Trinajstić information content (AvgIpc) is 3.46. The normalized spacial score (nSPS) is 15.3. The highest BCUT2D eigenvalue weighted by Gasteiger charge is 2.22. The van der Waals surface area contributed by atoms with E-state index in [0.717, 1.165) is 11.4 Å². The van der Waals surface area contributed by atoms with E-state index in [4.69, 9.17) is 4.98 Å². The van der Waals surface area contributed by atoms with E-state index in [1.807, 2.05) is 11.3 Å². The molecule has 2 heteroatoms. The number of hydrogen-bond acceptors (Lipinski definition) is 2. The number of aryl methyl sites for hydroxylation is 1. The number of hydrogen-bond donors (Lipinski definition) is 0. The Bertz CT molecular complexity index is 1020. The van der Waals surface area contributed by atoms with Crippen LogP contribution in [0.4, 0.5) is 0 Å². The van der Waals surface area contributed by atoms with Crippen molar-refractivity contribution in [3.05, 3.63) is 53.1 Å². The Kier molecular flexibility index (Phi) is 10.0. The zero-order chi connectivity index (χ0) is 23.6. The lowest BCUT2D eigenvalue weighted by Crippen LogP contribution is -1.99. The van der Waals surface area contributed by atoms with Crippen LogP contribution in [-0.4, -0.2) is 4.98 Å². The molecule has 1 unspecified atom stereocenters. The van der Waals surface area contributed by atoms with Crippen LogP contribution < -0.4 is 0 Å². The summed E-state index contributed by atoms with van der Waals surface area (Å²) in [4.78, 5) is 5.00. The quantitative estimate of drug-likeness (QED) is 0.199. The molecule has 1 aliphatic rings. The fourth-order valence-corrected chi connectivity index (χ4v) is 6.64. The SMILES string of the molecule is CCCCCCCCc1ccc2nc(-c3ccc4c(c3)CC(CCCCCCCC)C4)sc2c1. The molecule has 184 valence electrons. The monoisotopic (exact) mass is 475 g/mol. The molecule has 1 nitrogen and oxygen atoms in total. The van der Waals surface area contributed by atoms with Crippen LogP contribution in [0.5, 0.6) is 0 Å². The summed E-state index contributed by atoms with van der Waals surface area (Å²) in [7, 11) is 0. The summed E-state index contributed by atoms with van der Waals surface area (Å²) in [6.07, 6.45) is 21.8. The van der Waals surface area contributed by atoms with E-state index in [1.165, 1.54) is 124 Å². The van der Waals surface area contributed by atoms with Gasteiger partial charge in [-0.05, 0) is 72.9 Å². The van der Waals surface area contributed by atoms with Gasteiger partial charge in [-0.25, -0.2) is 4.98 Å². The fraction of sp³-hybridized carbons (Fsp3) is 0.594. The molecule has 0 saturated heterocycles. The lowest BCUT2D eigenvalue weighted by Gasteiger charge is -2.08. The van der Waals surface area contributed by atoms with Crippen molar-refractivity contribution in [3.8, 4) is 10.6 Å². The van der Waals surface area contributed by atoms with Crippen molar-refractivity contribution < 1.29 is 0 Å². The van der Waals surface area contributed by atoms with Crippen molar-refractivity contribution >= 4 is 21.6 Å². The molecule has 0 amide bonds. The highest BCUT2D eigenvalue weighted by molar-refractivity contribution is 7.21. The van der Waals surface area contributed by atoms with Gasteiger partial charge in [-0.15, -0.1) is 11.3 Å². The first kappa shape index (κ1) is 25.4. The molecule has 0 spiro atoms. The van der Waals surface area contributed by atoms with Crippen LogP contribution in [0.15, 0.2) is 36.4 Å². The fourth-order valence-electron chi connectivity index (χ4n) is 5.62. The first-order valence-electron chi connectivity index (χ1n) is 14.3. The summed E-state index contributed by atoms with van der Waals surface area (Å²) < 4.78 is 1.35. The van der Waals surface area contributed by atoms with Crippen LogP contribution in [0.2, 0.25) is 0 Å². The van der Waals surface area contributed by atoms with Gasteiger partial charge in [0.2, 0.25) is 0 Å². The van der Waals surface area contributed by atoms with Gasteiger partial charge in [0.25, 0.3) is 0 Å². The van der Waals surface area contributed by atoms with E-state index in [0.29, 0.717) is 0 Å². The van der Waals surface area contributed by atoms with Gasteiger partial charge >= 0.3 is 0 Å². The number of fused-ring (bicyclic) bond motifs is 2. The Morgan fingerprint density at radius 3 is 2.24 bits per heavy atom. The largest absolute Gasteiger partial charge is 0.236 e. The Labute approximate surface area is 212 Å². The molecule has 0 aliphatic heterocycles. The van der Waals surface area contributed by atoms with E-state index < -0.39 is 0 Å². The second-order valence-electron chi connectivity index (χ2n) is 10.7. The summed E-state index contributed by atoms with van der Waals surface area (Å²) in [5, 5.41) is 1.19. The van der Waals surface area contributed by atoms with Gasteiger partial charge < -0.3 is 0 Å². The maximum atomic E-state index is 5.00. The number of nitrogens with zero attached hydrogens (tertiary/aromatic N) is 1. The highest BCUT2D eigenvalue weighted by atomic mass is 32.1. The summed E-state index contributed by atoms with van der Waals surface area (Å²) in [5.74, 6) is 0.858. The van der Waals surface area contributed by atoms with E-state index in [9.17, 15) is 0 Å². The number of benzene rings is 2. The molecule has 34 heavy (non-hydrogen) atoms. The van der Waals surface area contributed by atoms with Crippen LogP contribution in [0.1, 0.15) is 114 Å². The smallest absolute Gasteiger partial charge is 0.124 e. The third kappa shape index (κ3) is 7.17. The zero-order valence-corrected chi connectivity index (χ0v) is 22.5. The van der Waals surface area contributed by atoms with Gasteiger partial charge in [0.05, 0.1) is 10.2 Å². The first-order chi connectivity index (χ1) is 16.8. The third-order valence-electron chi connectivity index (χ3n) is 7.71. The lowest BCUT2D eigenvalue weighted by atomic mass is 9.97. The molecule has 0 radical (unpaired) electrons. The maximum absolute atomic E-state index is 5.00. The zero-order valence-electron chi connectivity index (χ0n) is 21.7. The number of rotatable bonds is 15. The van der Waals surface area contributed by atoms with E-state index in [-0.39, 0.29) is 0 Å². The molecular weight excluding hydrogens is 430 g/mol. The molecule has 0 fully saturated rings. The molecular formula is C32H45NS. The van der Waals surface area contributed by atoms with Crippen molar-refractivity contribution in [2.24, 2.45) is 5.92 Å². The predicted molar refractivity (Wildman–Crippen MR) is 151 cm³/mol. The molecule has 0 bridgehead atoms. The van der Waals surface area contributed by atoms with Crippen LogP contribution >= 0.6 is 11.3 Å².